The van der Waals surface area contributed by atoms with Gasteiger partial charge in [-0.1, -0.05) is 30.3 Å². The van der Waals surface area contributed by atoms with Gasteiger partial charge in [0, 0.05) is 5.56 Å². The molecule has 3 nitrogen and oxygen atoms in total. The number of nitrogens with zero attached hydrogens (tertiary/aromatic N) is 1. The molecule has 0 unspecified atom stereocenters. The summed E-state index contributed by atoms with van der Waals surface area (Å²) in [6.07, 6.45) is 0. The van der Waals surface area contributed by atoms with Crippen molar-refractivity contribution in [1.82, 2.24) is 4.98 Å². The van der Waals surface area contributed by atoms with E-state index >= 15 is 0 Å². The van der Waals surface area contributed by atoms with Crippen molar-refractivity contribution in [3.05, 3.63) is 36.0 Å². The molecule has 0 fully saturated rings. The molecule has 0 atom stereocenters. The molecule has 84 valence electrons. The smallest absolute Gasteiger partial charge is 0.357 e. The number of hydrogen-bond donors (Lipinski definition) is 0. The molecule has 2 aromatic rings. The summed E-state index contributed by atoms with van der Waals surface area (Å²) in [5, 5.41) is 0.728. The van der Waals surface area contributed by atoms with Crippen LogP contribution in [0.2, 0.25) is 0 Å². The Kier molecular flexibility index (Phi) is 3.59. The van der Waals surface area contributed by atoms with Crippen molar-refractivity contribution in [3.63, 3.8) is 0 Å². The Morgan fingerprint density at radius 2 is 2.12 bits per heavy atom. The Labute approximate surface area is 105 Å². The van der Waals surface area contributed by atoms with E-state index in [-0.39, 0.29) is 5.69 Å². The maximum Gasteiger partial charge on any atom is 0.357 e. The van der Waals surface area contributed by atoms with Crippen LogP contribution in [0.3, 0.4) is 0 Å². The van der Waals surface area contributed by atoms with E-state index in [0.29, 0.717) is 11.4 Å². The van der Waals surface area contributed by atoms with Gasteiger partial charge in [0.25, 0.3) is 0 Å². The number of hydrogen-bond acceptors (Lipinski definition) is 4. The van der Waals surface area contributed by atoms with Crippen LogP contribution in [-0.2, 0) is 4.74 Å². The number of ether oxygens (including phenoxy) is 1. The number of carbonyl (C=O) groups excluding carboxylic acids is 1. The number of aromatic nitrogens is 1. The van der Waals surface area contributed by atoms with Crippen molar-refractivity contribution in [1.29, 1.82) is 0 Å². The molecule has 0 spiro atoms. The van der Waals surface area contributed by atoms with Crippen molar-refractivity contribution in [2.24, 2.45) is 0 Å². The second-order valence-electron chi connectivity index (χ2n) is 3.32. The van der Waals surface area contributed by atoms with Crippen molar-refractivity contribution < 1.29 is 9.53 Å². The van der Waals surface area contributed by atoms with E-state index in [1.54, 1.807) is 6.92 Å². The topological polar surface area (TPSA) is 39.2 Å². The first kappa shape index (κ1) is 11.9. The highest BCUT2D eigenvalue weighted by Gasteiger charge is 2.16. The first-order valence-electron chi connectivity index (χ1n) is 5.21. The van der Waals surface area contributed by atoms with E-state index < -0.39 is 5.97 Å². The molecule has 0 amide bonds. The molecular weight excluding hydrogens is 233 g/mol. The number of esters is 1. The largest absolute Gasteiger partial charge is 0.461 e. The van der Waals surface area contributed by atoms with Gasteiger partial charge < -0.3 is 4.74 Å². The molecule has 1 aromatic carbocycles. The zero-order valence-corrected chi connectivity index (χ0v) is 10.2. The Balaban J connectivity index is 2.34. The monoisotopic (exact) mass is 243 g/mol. The average Bonchev–Trinajstić information content (AvgIpc) is 2.73. The van der Waals surface area contributed by atoms with Crippen LogP contribution in [0.4, 0.5) is 0 Å². The SMILES string of the molecule is [B]c1sc(-c2ccccc2)nc1C(=O)OCC. The Hall–Kier alpha value is -1.62. The lowest BCUT2D eigenvalue weighted by atomic mass is 10.1. The summed E-state index contributed by atoms with van der Waals surface area (Å²) in [7, 11) is 5.77. The van der Waals surface area contributed by atoms with Crippen LogP contribution in [0.5, 0.6) is 0 Å². The molecule has 0 aliphatic rings. The molecule has 1 aromatic heterocycles. The highest BCUT2D eigenvalue weighted by Crippen LogP contribution is 2.21. The van der Waals surface area contributed by atoms with E-state index in [9.17, 15) is 4.79 Å². The summed E-state index contributed by atoms with van der Waals surface area (Å²) < 4.78 is 5.27. The van der Waals surface area contributed by atoms with Gasteiger partial charge in [-0.3, -0.25) is 0 Å². The minimum atomic E-state index is -0.469. The van der Waals surface area contributed by atoms with E-state index in [1.807, 2.05) is 30.3 Å². The Bertz CT molecular complexity index is 525. The van der Waals surface area contributed by atoms with Crippen LogP contribution >= 0.6 is 11.3 Å². The number of carbonyl (C=O) groups is 1. The Morgan fingerprint density at radius 1 is 1.41 bits per heavy atom. The van der Waals surface area contributed by atoms with Gasteiger partial charge in [0.15, 0.2) is 5.69 Å². The molecule has 1 heterocycles. The number of benzene rings is 1. The van der Waals surface area contributed by atoms with Gasteiger partial charge in [0.2, 0.25) is 0 Å². The third-order valence-corrected chi connectivity index (χ3v) is 3.08. The zero-order valence-electron chi connectivity index (χ0n) is 9.34. The lowest BCUT2D eigenvalue weighted by molar-refractivity contribution is 0.0522. The van der Waals surface area contributed by atoms with E-state index in [1.165, 1.54) is 11.3 Å². The van der Waals surface area contributed by atoms with Crippen molar-refractivity contribution in [2.75, 3.05) is 6.61 Å². The summed E-state index contributed by atoms with van der Waals surface area (Å²) in [4.78, 5) is 15.8. The third kappa shape index (κ3) is 2.56. The molecule has 0 N–H and O–H groups in total. The normalized spacial score (nSPS) is 10.2. The predicted octanol–water partition coefficient (Wildman–Crippen LogP) is 1.78. The standard InChI is InChI=1S/C12H10BNO2S/c1-2-16-12(15)9-10(13)17-11(14-9)8-6-4-3-5-7-8/h3-7H,2H2,1H3. The maximum absolute atomic E-state index is 11.6. The molecule has 17 heavy (non-hydrogen) atoms. The lowest BCUT2D eigenvalue weighted by Gasteiger charge is -1.98. The summed E-state index contributed by atoms with van der Waals surface area (Å²) in [6.45, 7) is 2.06. The third-order valence-electron chi connectivity index (χ3n) is 2.14. The molecule has 0 aliphatic heterocycles. The molecule has 2 rings (SSSR count). The minimum absolute atomic E-state index is 0.204. The minimum Gasteiger partial charge on any atom is -0.461 e. The van der Waals surface area contributed by atoms with E-state index in [4.69, 9.17) is 12.6 Å². The van der Waals surface area contributed by atoms with Gasteiger partial charge in [-0.05, 0) is 11.7 Å². The van der Waals surface area contributed by atoms with Crippen LogP contribution in [0.1, 0.15) is 17.4 Å². The highest BCUT2D eigenvalue weighted by atomic mass is 32.1. The number of thiazole rings is 1. The molecule has 5 heteroatoms. The van der Waals surface area contributed by atoms with Crippen LogP contribution in [0.15, 0.2) is 30.3 Å². The second kappa shape index (κ2) is 5.14. The first-order chi connectivity index (χ1) is 8.22. The van der Waals surface area contributed by atoms with E-state index in [2.05, 4.69) is 4.98 Å². The molecule has 0 aliphatic carbocycles. The zero-order chi connectivity index (χ0) is 12.3. The highest BCUT2D eigenvalue weighted by molar-refractivity contribution is 7.23. The maximum atomic E-state index is 11.6. The molecule has 0 bridgehead atoms. The van der Waals surface area contributed by atoms with Crippen molar-refractivity contribution >= 4 is 29.9 Å². The molecule has 0 saturated heterocycles. The van der Waals surface area contributed by atoms with Gasteiger partial charge >= 0.3 is 5.97 Å². The molecule has 0 saturated carbocycles. The van der Waals surface area contributed by atoms with Crippen molar-refractivity contribution in [3.8, 4) is 10.6 Å². The predicted molar refractivity (Wildman–Crippen MR) is 68.9 cm³/mol. The summed E-state index contributed by atoms with van der Waals surface area (Å²) in [6, 6.07) is 9.60. The quantitative estimate of drug-likeness (QED) is 0.609. The fourth-order valence-corrected chi connectivity index (χ4v) is 2.21. The van der Waals surface area contributed by atoms with Gasteiger partial charge in [-0.15, -0.1) is 11.3 Å². The van der Waals surface area contributed by atoms with Crippen LogP contribution in [0.25, 0.3) is 10.6 Å². The Morgan fingerprint density at radius 3 is 2.76 bits per heavy atom. The molecule has 2 radical (unpaired) electrons. The summed E-state index contributed by atoms with van der Waals surface area (Å²) in [5.74, 6) is -0.469. The van der Waals surface area contributed by atoms with E-state index in [0.717, 1.165) is 10.6 Å². The van der Waals surface area contributed by atoms with Crippen molar-refractivity contribution in [2.45, 2.75) is 6.92 Å². The van der Waals surface area contributed by atoms with Gasteiger partial charge in [0.05, 0.1) is 6.61 Å². The van der Waals surface area contributed by atoms with Gasteiger partial charge in [0.1, 0.15) is 12.9 Å². The van der Waals surface area contributed by atoms with Gasteiger partial charge in [-0.2, -0.15) is 0 Å². The fourth-order valence-electron chi connectivity index (χ4n) is 1.38. The summed E-state index contributed by atoms with van der Waals surface area (Å²) in [5.41, 5.74) is 1.15. The lowest BCUT2D eigenvalue weighted by Crippen LogP contribution is -2.14. The van der Waals surface area contributed by atoms with Crippen LogP contribution < -0.4 is 4.78 Å². The fraction of sp³-hybridized carbons (Fsp3) is 0.167. The summed E-state index contributed by atoms with van der Waals surface area (Å²) >= 11 is 1.29. The van der Waals surface area contributed by atoms with Crippen LogP contribution in [-0.4, -0.2) is 25.4 Å². The van der Waals surface area contributed by atoms with Crippen LogP contribution in [0, 0.1) is 0 Å². The number of rotatable bonds is 3. The first-order valence-corrected chi connectivity index (χ1v) is 6.03. The second-order valence-corrected chi connectivity index (χ2v) is 4.35. The van der Waals surface area contributed by atoms with Gasteiger partial charge in [-0.25, -0.2) is 9.78 Å². The molecular formula is C12H10BNO2S. The average molecular weight is 243 g/mol.